The van der Waals surface area contributed by atoms with Crippen molar-refractivity contribution in [1.29, 1.82) is 0 Å². The second-order valence-corrected chi connectivity index (χ2v) is 3.04. The molecule has 0 fully saturated rings. The molecule has 0 saturated carbocycles. The predicted molar refractivity (Wildman–Crippen MR) is 47.9 cm³/mol. The van der Waals surface area contributed by atoms with E-state index in [1.807, 2.05) is 0 Å². The summed E-state index contributed by atoms with van der Waals surface area (Å²) in [5.41, 5.74) is 0.945. The van der Waals surface area contributed by atoms with Crippen LogP contribution in [0, 0.1) is 5.82 Å². The van der Waals surface area contributed by atoms with E-state index in [2.05, 4.69) is 4.98 Å². The van der Waals surface area contributed by atoms with Crippen molar-refractivity contribution in [2.75, 3.05) is 5.88 Å². The van der Waals surface area contributed by atoms with E-state index in [1.165, 1.54) is 12.3 Å². The Labute approximate surface area is 76.6 Å². The first kappa shape index (κ1) is 9.46. The summed E-state index contributed by atoms with van der Waals surface area (Å²) in [5.74, 6) is 0.404. The van der Waals surface area contributed by atoms with Crippen LogP contribution in [-0.2, 0) is 6.42 Å². The van der Waals surface area contributed by atoms with Gasteiger partial charge in [-0.05, 0) is 30.9 Å². The molecule has 3 heteroatoms. The molecule has 0 spiro atoms. The minimum absolute atomic E-state index is 0.265. The Bertz CT molecular complexity index is 240. The molecule has 1 aromatic heterocycles. The average molecular weight is 188 g/mol. The van der Waals surface area contributed by atoms with Crippen molar-refractivity contribution in [3.63, 3.8) is 0 Å². The maximum Gasteiger partial charge on any atom is 0.141 e. The zero-order valence-electron chi connectivity index (χ0n) is 6.76. The molecule has 0 saturated heterocycles. The number of hydrogen-bond donors (Lipinski definition) is 0. The highest BCUT2D eigenvalue weighted by molar-refractivity contribution is 6.17. The Hall–Kier alpha value is -0.630. The number of halogens is 2. The topological polar surface area (TPSA) is 12.9 Å². The zero-order valence-corrected chi connectivity index (χ0v) is 7.52. The first-order valence-corrected chi connectivity index (χ1v) is 4.52. The van der Waals surface area contributed by atoms with E-state index in [4.69, 9.17) is 11.6 Å². The molecule has 12 heavy (non-hydrogen) atoms. The van der Waals surface area contributed by atoms with Crippen LogP contribution in [0.25, 0.3) is 0 Å². The maximum absolute atomic E-state index is 12.6. The minimum Gasteiger partial charge on any atom is -0.261 e. The highest BCUT2D eigenvalue weighted by Gasteiger charge is 1.95. The third-order valence-corrected chi connectivity index (χ3v) is 1.88. The quantitative estimate of drug-likeness (QED) is 0.522. The Morgan fingerprint density at radius 1 is 1.33 bits per heavy atom. The fourth-order valence-electron chi connectivity index (χ4n) is 1.02. The first-order valence-electron chi connectivity index (χ1n) is 3.98. The summed E-state index contributed by atoms with van der Waals surface area (Å²) in [7, 11) is 0. The van der Waals surface area contributed by atoms with Crippen LogP contribution < -0.4 is 0 Å². The minimum atomic E-state index is -0.265. The van der Waals surface area contributed by atoms with Crippen LogP contribution >= 0.6 is 11.6 Å². The third kappa shape index (κ3) is 3.18. The van der Waals surface area contributed by atoms with Gasteiger partial charge in [0.2, 0.25) is 0 Å². The van der Waals surface area contributed by atoms with E-state index in [0.29, 0.717) is 5.88 Å². The van der Waals surface area contributed by atoms with Crippen LogP contribution in [0.4, 0.5) is 4.39 Å². The Kier molecular flexibility index (Phi) is 4.01. The highest BCUT2D eigenvalue weighted by Crippen LogP contribution is 2.05. The number of hydrogen-bond acceptors (Lipinski definition) is 1. The summed E-state index contributed by atoms with van der Waals surface area (Å²) in [6.45, 7) is 0. The smallest absolute Gasteiger partial charge is 0.141 e. The summed E-state index contributed by atoms with van der Waals surface area (Å²) >= 11 is 5.51. The largest absolute Gasteiger partial charge is 0.261 e. The van der Waals surface area contributed by atoms with Crippen LogP contribution in [0.1, 0.15) is 18.4 Å². The van der Waals surface area contributed by atoms with Gasteiger partial charge in [-0.3, -0.25) is 4.98 Å². The SMILES string of the molecule is Fc1cncc(CCCCCl)c1. The van der Waals surface area contributed by atoms with Gasteiger partial charge in [-0.2, -0.15) is 0 Å². The van der Waals surface area contributed by atoms with E-state index in [9.17, 15) is 4.39 Å². The summed E-state index contributed by atoms with van der Waals surface area (Å²) < 4.78 is 12.6. The van der Waals surface area contributed by atoms with Gasteiger partial charge in [0.15, 0.2) is 0 Å². The molecule has 0 atom stereocenters. The predicted octanol–water partition coefficient (Wildman–Crippen LogP) is 2.78. The van der Waals surface area contributed by atoms with Gasteiger partial charge < -0.3 is 0 Å². The molecular weight excluding hydrogens is 177 g/mol. The molecular formula is C9H11ClFN. The van der Waals surface area contributed by atoms with Crippen molar-refractivity contribution in [2.45, 2.75) is 19.3 Å². The average Bonchev–Trinajstić information content (AvgIpc) is 2.05. The van der Waals surface area contributed by atoms with Gasteiger partial charge in [-0.15, -0.1) is 11.6 Å². The van der Waals surface area contributed by atoms with Gasteiger partial charge in [-0.25, -0.2) is 4.39 Å². The molecule has 0 amide bonds. The summed E-state index contributed by atoms with van der Waals surface area (Å²) in [6.07, 6.45) is 5.73. The van der Waals surface area contributed by atoms with Crippen LogP contribution in [0.5, 0.6) is 0 Å². The molecule has 66 valence electrons. The second kappa shape index (κ2) is 5.09. The molecule has 0 unspecified atom stereocenters. The fourth-order valence-corrected chi connectivity index (χ4v) is 1.21. The lowest BCUT2D eigenvalue weighted by molar-refractivity contribution is 0.617. The lowest BCUT2D eigenvalue weighted by Gasteiger charge is -1.98. The monoisotopic (exact) mass is 187 g/mol. The summed E-state index contributed by atoms with van der Waals surface area (Å²) in [5, 5.41) is 0. The summed E-state index contributed by atoms with van der Waals surface area (Å²) in [4.78, 5) is 3.75. The lowest BCUT2D eigenvalue weighted by Crippen LogP contribution is -1.89. The standard InChI is InChI=1S/C9H11ClFN/c10-4-2-1-3-8-5-9(11)7-12-6-8/h5-7H,1-4H2. The summed E-state index contributed by atoms with van der Waals surface area (Å²) in [6, 6.07) is 1.52. The molecule has 1 aromatic rings. The second-order valence-electron chi connectivity index (χ2n) is 2.66. The van der Waals surface area contributed by atoms with E-state index >= 15 is 0 Å². The van der Waals surface area contributed by atoms with Gasteiger partial charge in [0, 0.05) is 12.1 Å². The first-order chi connectivity index (χ1) is 5.83. The van der Waals surface area contributed by atoms with Crippen LogP contribution in [0.3, 0.4) is 0 Å². The van der Waals surface area contributed by atoms with Gasteiger partial charge >= 0.3 is 0 Å². The number of nitrogens with zero attached hydrogens (tertiary/aromatic N) is 1. The molecule has 0 aliphatic carbocycles. The number of unbranched alkanes of at least 4 members (excludes halogenated alkanes) is 1. The van der Waals surface area contributed by atoms with Crippen molar-refractivity contribution in [3.05, 3.63) is 29.8 Å². The molecule has 0 aliphatic heterocycles. The number of pyridine rings is 1. The molecule has 0 bridgehead atoms. The van der Waals surface area contributed by atoms with Crippen molar-refractivity contribution >= 4 is 11.6 Å². The van der Waals surface area contributed by atoms with E-state index in [0.717, 1.165) is 24.8 Å². The third-order valence-electron chi connectivity index (χ3n) is 1.61. The van der Waals surface area contributed by atoms with Gasteiger partial charge in [0.05, 0.1) is 6.20 Å². The highest BCUT2D eigenvalue weighted by atomic mass is 35.5. The van der Waals surface area contributed by atoms with Crippen molar-refractivity contribution < 1.29 is 4.39 Å². The fraction of sp³-hybridized carbons (Fsp3) is 0.444. The molecule has 1 heterocycles. The Balaban J connectivity index is 2.41. The molecule has 0 N–H and O–H groups in total. The van der Waals surface area contributed by atoms with E-state index in [1.54, 1.807) is 6.20 Å². The molecule has 0 aliphatic rings. The van der Waals surface area contributed by atoms with E-state index in [-0.39, 0.29) is 5.82 Å². The lowest BCUT2D eigenvalue weighted by atomic mass is 10.1. The van der Waals surface area contributed by atoms with Crippen LogP contribution in [0.2, 0.25) is 0 Å². The molecule has 0 radical (unpaired) electrons. The van der Waals surface area contributed by atoms with Crippen molar-refractivity contribution in [3.8, 4) is 0 Å². The Morgan fingerprint density at radius 2 is 2.17 bits per heavy atom. The van der Waals surface area contributed by atoms with Crippen LogP contribution in [0.15, 0.2) is 18.5 Å². The van der Waals surface area contributed by atoms with Crippen molar-refractivity contribution in [2.24, 2.45) is 0 Å². The Morgan fingerprint density at radius 3 is 2.83 bits per heavy atom. The maximum atomic E-state index is 12.6. The number of aromatic nitrogens is 1. The van der Waals surface area contributed by atoms with E-state index < -0.39 is 0 Å². The molecule has 1 rings (SSSR count). The van der Waals surface area contributed by atoms with Gasteiger partial charge in [-0.1, -0.05) is 0 Å². The molecule has 0 aromatic carbocycles. The van der Waals surface area contributed by atoms with Gasteiger partial charge in [0.25, 0.3) is 0 Å². The normalized spacial score (nSPS) is 10.2. The van der Waals surface area contributed by atoms with Gasteiger partial charge in [0.1, 0.15) is 5.82 Å². The number of rotatable bonds is 4. The number of aryl methyl sites for hydroxylation is 1. The zero-order chi connectivity index (χ0) is 8.81. The molecule has 1 nitrogen and oxygen atoms in total. The number of alkyl halides is 1. The van der Waals surface area contributed by atoms with Crippen LogP contribution in [-0.4, -0.2) is 10.9 Å². The van der Waals surface area contributed by atoms with Crippen molar-refractivity contribution in [1.82, 2.24) is 4.98 Å².